The van der Waals surface area contributed by atoms with Gasteiger partial charge in [0.15, 0.2) is 0 Å². The molecule has 0 aliphatic heterocycles. The predicted octanol–water partition coefficient (Wildman–Crippen LogP) is 2.59. The molecule has 1 atom stereocenters. The molecule has 0 amide bonds. The van der Waals surface area contributed by atoms with Crippen LogP contribution in [0.1, 0.15) is 45.1 Å². The summed E-state index contributed by atoms with van der Waals surface area (Å²) in [6.07, 6.45) is 1.24. The van der Waals surface area contributed by atoms with Gasteiger partial charge in [-0.3, -0.25) is 4.79 Å². The lowest BCUT2D eigenvalue weighted by atomic mass is 9.90. The summed E-state index contributed by atoms with van der Waals surface area (Å²) in [5.41, 5.74) is 0.630. The Balaban J connectivity index is 2.97. The van der Waals surface area contributed by atoms with Crippen LogP contribution in [0.25, 0.3) is 0 Å². The molecular weight excluding hydrogens is 290 g/mol. The monoisotopic (exact) mass is 313 g/mol. The van der Waals surface area contributed by atoms with Gasteiger partial charge < -0.3 is 5.11 Å². The van der Waals surface area contributed by atoms with Gasteiger partial charge in [0.05, 0.1) is 10.8 Å². The minimum Gasteiger partial charge on any atom is -0.481 e. The van der Waals surface area contributed by atoms with Crippen molar-refractivity contribution in [2.45, 2.75) is 44.4 Å². The van der Waals surface area contributed by atoms with Crippen LogP contribution >= 0.6 is 0 Å². The third kappa shape index (κ3) is 5.13. The van der Waals surface area contributed by atoms with Crippen molar-refractivity contribution in [2.24, 2.45) is 5.92 Å². The van der Waals surface area contributed by atoms with E-state index in [-0.39, 0.29) is 10.8 Å². The summed E-state index contributed by atoms with van der Waals surface area (Å²) in [5, 5.41) is 9.29. The van der Waals surface area contributed by atoms with Crippen molar-refractivity contribution in [2.75, 3.05) is 6.54 Å². The summed E-state index contributed by atoms with van der Waals surface area (Å²) in [6.45, 7) is 6.19. The molecule has 21 heavy (non-hydrogen) atoms. The van der Waals surface area contributed by atoms with Crippen molar-refractivity contribution in [3.8, 4) is 0 Å². The van der Waals surface area contributed by atoms with Crippen LogP contribution in [0.15, 0.2) is 29.2 Å². The molecule has 0 fully saturated rings. The van der Waals surface area contributed by atoms with E-state index in [0.29, 0.717) is 24.9 Å². The van der Waals surface area contributed by atoms with Crippen molar-refractivity contribution < 1.29 is 18.3 Å². The average molecular weight is 313 g/mol. The standard InChI is InChI=1S/C15H23NO4S/c1-4-9-16-21(19,20)13-7-5-12(6-8-13)14(15(17)18)10-11(2)3/h5-8,11,14,16H,4,9-10H2,1-3H3,(H,17,18). The molecule has 0 saturated heterocycles. The molecule has 5 nitrogen and oxygen atoms in total. The highest BCUT2D eigenvalue weighted by molar-refractivity contribution is 7.89. The highest BCUT2D eigenvalue weighted by atomic mass is 32.2. The van der Waals surface area contributed by atoms with Gasteiger partial charge in [-0.2, -0.15) is 0 Å². The van der Waals surface area contributed by atoms with E-state index in [1.165, 1.54) is 12.1 Å². The van der Waals surface area contributed by atoms with Gasteiger partial charge in [-0.1, -0.05) is 32.9 Å². The normalized spacial score (nSPS) is 13.3. The molecule has 1 rings (SSSR count). The Morgan fingerprint density at radius 3 is 2.24 bits per heavy atom. The Hall–Kier alpha value is -1.40. The molecule has 1 aromatic rings. The largest absolute Gasteiger partial charge is 0.481 e. The first-order valence-corrected chi connectivity index (χ1v) is 8.58. The number of hydrogen-bond donors (Lipinski definition) is 2. The van der Waals surface area contributed by atoms with Gasteiger partial charge in [-0.05, 0) is 36.5 Å². The summed E-state index contributed by atoms with van der Waals surface area (Å²) >= 11 is 0. The van der Waals surface area contributed by atoms with E-state index in [0.717, 1.165) is 0 Å². The van der Waals surface area contributed by atoms with Gasteiger partial charge in [0.1, 0.15) is 0 Å². The van der Waals surface area contributed by atoms with Gasteiger partial charge in [0.25, 0.3) is 0 Å². The van der Waals surface area contributed by atoms with E-state index in [2.05, 4.69) is 4.72 Å². The number of benzene rings is 1. The maximum Gasteiger partial charge on any atom is 0.310 e. The summed E-state index contributed by atoms with van der Waals surface area (Å²) in [4.78, 5) is 11.5. The third-order valence-electron chi connectivity index (χ3n) is 3.14. The maximum absolute atomic E-state index is 12.0. The number of nitrogens with one attached hydrogen (secondary N) is 1. The summed E-state index contributed by atoms with van der Waals surface area (Å²) < 4.78 is 26.4. The lowest BCUT2D eigenvalue weighted by Gasteiger charge is -2.15. The predicted molar refractivity (Wildman–Crippen MR) is 81.8 cm³/mol. The molecule has 2 N–H and O–H groups in total. The van der Waals surface area contributed by atoms with E-state index < -0.39 is 21.9 Å². The van der Waals surface area contributed by atoms with Gasteiger partial charge in [0, 0.05) is 6.54 Å². The zero-order valence-corrected chi connectivity index (χ0v) is 13.5. The van der Waals surface area contributed by atoms with Crippen LogP contribution in [-0.4, -0.2) is 26.0 Å². The van der Waals surface area contributed by atoms with Gasteiger partial charge in [-0.25, -0.2) is 13.1 Å². The number of carboxylic acid groups (broad SMARTS) is 1. The quantitative estimate of drug-likeness (QED) is 0.772. The fraction of sp³-hybridized carbons (Fsp3) is 0.533. The Bertz CT molecular complexity index is 564. The second kappa shape index (κ2) is 7.56. The minimum atomic E-state index is -3.51. The van der Waals surface area contributed by atoms with E-state index in [9.17, 15) is 18.3 Å². The number of carbonyl (C=O) groups is 1. The highest BCUT2D eigenvalue weighted by Gasteiger charge is 2.22. The van der Waals surface area contributed by atoms with Gasteiger partial charge >= 0.3 is 5.97 Å². The van der Waals surface area contributed by atoms with Crippen molar-refractivity contribution >= 4 is 16.0 Å². The van der Waals surface area contributed by atoms with Crippen LogP contribution in [0, 0.1) is 5.92 Å². The molecule has 0 spiro atoms. The van der Waals surface area contributed by atoms with E-state index in [1.807, 2.05) is 20.8 Å². The number of carboxylic acids is 1. The van der Waals surface area contributed by atoms with Crippen molar-refractivity contribution in [1.82, 2.24) is 4.72 Å². The minimum absolute atomic E-state index is 0.161. The highest BCUT2D eigenvalue weighted by Crippen LogP contribution is 2.25. The first-order valence-electron chi connectivity index (χ1n) is 7.10. The lowest BCUT2D eigenvalue weighted by Crippen LogP contribution is -2.24. The van der Waals surface area contributed by atoms with E-state index >= 15 is 0 Å². The Kier molecular flexibility index (Phi) is 6.36. The Morgan fingerprint density at radius 1 is 1.24 bits per heavy atom. The molecule has 0 aliphatic rings. The van der Waals surface area contributed by atoms with Crippen LogP contribution in [0.5, 0.6) is 0 Å². The molecule has 0 bridgehead atoms. The van der Waals surface area contributed by atoms with Gasteiger partial charge in [-0.15, -0.1) is 0 Å². The number of aliphatic carboxylic acids is 1. The molecule has 1 aromatic carbocycles. The molecule has 0 aromatic heterocycles. The molecule has 0 radical (unpaired) electrons. The van der Waals surface area contributed by atoms with E-state index in [4.69, 9.17) is 0 Å². The van der Waals surface area contributed by atoms with Crippen molar-refractivity contribution in [3.05, 3.63) is 29.8 Å². The first kappa shape index (κ1) is 17.7. The maximum atomic E-state index is 12.0. The van der Waals surface area contributed by atoms with Gasteiger partial charge in [0.2, 0.25) is 10.0 Å². The average Bonchev–Trinajstić information content (AvgIpc) is 2.42. The van der Waals surface area contributed by atoms with Crippen LogP contribution in [0.4, 0.5) is 0 Å². The fourth-order valence-corrected chi connectivity index (χ4v) is 3.18. The number of sulfonamides is 1. The molecule has 0 heterocycles. The molecule has 0 aliphatic carbocycles. The van der Waals surface area contributed by atoms with E-state index in [1.54, 1.807) is 12.1 Å². The molecular formula is C15H23NO4S. The molecule has 6 heteroatoms. The van der Waals surface area contributed by atoms with Crippen LogP contribution < -0.4 is 4.72 Å². The Morgan fingerprint density at radius 2 is 1.81 bits per heavy atom. The second-order valence-corrected chi connectivity index (χ2v) is 7.25. The Labute approximate surface area is 126 Å². The number of rotatable bonds is 8. The summed E-state index contributed by atoms with van der Waals surface area (Å²) in [5.74, 6) is -1.24. The topological polar surface area (TPSA) is 83.5 Å². The molecule has 118 valence electrons. The third-order valence-corrected chi connectivity index (χ3v) is 4.62. The zero-order valence-electron chi connectivity index (χ0n) is 12.7. The van der Waals surface area contributed by atoms with Crippen molar-refractivity contribution in [3.63, 3.8) is 0 Å². The smallest absolute Gasteiger partial charge is 0.310 e. The van der Waals surface area contributed by atoms with Crippen molar-refractivity contribution in [1.29, 1.82) is 0 Å². The number of hydrogen-bond acceptors (Lipinski definition) is 3. The first-order chi connectivity index (χ1) is 9.77. The summed E-state index contributed by atoms with van der Waals surface area (Å²) in [6, 6.07) is 6.09. The second-order valence-electron chi connectivity index (χ2n) is 5.49. The molecule has 1 unspecified atom stereocenters. The van der Waals surface area contributed by atoms with Crippen LogP contribution in [-0.2, 0) is 14.8 Å². The fourth-order valence-electron chi connectivity index (χ4n) is 2.05. The summed E-state index contributed by atoms with van der Waals surface area (Å²) in [7, 11) is -3.51. The molecule has 0 saturated carbocycles. The SMILES string of the molecule is CCCNS(=O)(=O)c1ccc(C(CC(C)C)C(=O)O)cc1. The van der Waals surface area contributed by atoms with Crippen LogP contribution in [0.2, 0.25) is 0 Å². The van der Waals surface area contributed by atoms with Crippen LogP contribution in [0.3, 0.4) is 0 Å². The lowest BCUT2D eigenvalue weighted by molar-refractivity contribution is -0.139. The zero-order chi connectivity index (χ0) is 16.0.